The molecule has 10 nitrogen and oxygen atoms in total. The molecular weight excluding hydrogens is 380 g/mol. The van der Waals surface area contributed by atoms with E-state index in [4.69, 9.17) is 15.2 Å². The smallest absolute Gasteiger partial charge is 0.426 e. The standard InChI is InChI=1S/C16H22N4O6.ClH/c1-10(26-11(2)21)14(17)15(23)18-8-13(22)19-20-16(24)25-9-12-6-4-3-5-7-12;/h3-7,10,14H,8-9,17H2,1-2H3,(H,18,23)(H,19,22)(H,20,24);1H/t10?,14-;/m0./s1. The van der Waals surface area contributed by atoms with Crippen molar-refractivity contribution in [2.75, 3.05) is 6.54 Å². The van der Waals surface area contributed by atoms with Crippen LogP contribution in [0.3, 0.4) is 0 Å². The number of hydrogen-bond donors (Lipinski definition) is 4. The van der Waals surface area contributed by atoms with Crippen LogP contribution in [0.2, 0.25) is 0 Å². The van der Waals surface area contributed by atoms with Crippen molar-refractivity contribution < 1.29 is 28.7 Å². The Morgan fingerprint density at radius 2 is 1.74 bits per heavy atom. The Labute approximate surface area is 162 Å². The van der Waals surface area contributed by atoms with E-state index < -0.39 is 42.6 Å². The summed E-state index contributed by atoms with van der Waals surface area (Å²) in [5.74, 6) is -1.94. The number of hydrazine groups is 1. The molecule has 1 unspecified atom stereocenters. The second-order valence-electron chi connectivity index (χ2n) is 5.29. The minimum Gasteiger partial charge on any atom is -0.461 e. The summed E-state index contributed by atoms with van der Waals surface area (Å²) in [5, 5.41) is 2.26. The number of amides is 3. The fourth-order valence-corrected chi connectivity index (χ4v) is 1.76. The number of rotatable bonds is 7. The first kappa shape index (κ1) is 24.1. The Hall–Kier alpha value is -2.85. The molecular formula is C16H23ClN4O6. The summed E-state index contributed by atoms with van der Waals surface area (Å²) in [6, 6.07) is 7.86. The molecule has 0 aromatic heterocycles. The molecule has 1 aromatic carbocycles. The molecule has 0 bridgehead atoms. The van der Waals surface area contributed by atoms with Crippen LogP contribution >= 0.6 is 12.4 Å². The number of hydrogen-bond acceptors (Lipinski definition) is 7. The van der Waals surface area contributed by atoms with Gasteiger partial charge in [0.15, 0.2) is 0 Å². The van der Waals surface area contributed by atoms with Gasteiger partial charge < -0.3 is 20.5 Å². The van der Waals surface area contributed by atoms with Gasteiger partial charge in [0.25, 0.3) is 5.91 Å². The van der Waals surface area contributed by atoms with Crippen LogP contribution in [-0.4, -0.2) is 42.6 Å². The molecule has 5 N–H and O–H groups in total. The van der Waals surface area contributed by atoms with E-state index >= 15 is 0 Å². The fraction of sp³-hybridized carbons (Fsp3) is 0.375. The van der Waals surface area contributed by atoms with E-state index in [9.17, 15) is 19.2 Å². The van der Waals surface area contributed by atoms with E-state index in [1.54, 1.807) is 24.3 Å². The number of ether oxygens (including phenoxy) is 2. The van der Waals surface area contributed by atoms with Crippen LogP contribution in [0, 0.1) is 0 Å². The lowest BCUT2D eigenvalue weighted by Crippen LogP contribution is -2.52. The molecule has 3 amide bonds. The molecule has 0 aliphatic heterocycles. The summed E-state index contributed by atoms with van der Waals surface area (Å²) < 4.78 is 9.67. The van der Waals surface area contributed by atoms with Crippen molar-refractivity contribution in [1.82, 2.24) is 16.2 Å². The second-order valence-corrected chi connectivity index (χ2v) is 5.29. The van der Waals surface area contributed by atoms with Crippen molar-refractivity contribution in [2.24, 2.45) is 5.73 Å². The van der Waals surface area contributed by atoms with Gasteiger partial charge in [-0.3, -0.25) is 19.8 Å². The van der Waals surface area contributed by atoms with Gasteiger partial charge in [-0.15, -0.1) is 12.4 Å². The van der Waals surface area contributed by atoms with Gasteiger partial charge in [-0.05, 0) is 12.5 Å². The number of nitrogens with one attached hydrogen (secondary N) is 3. The highest BCUT2D eigenvalue weighted by molar-refractivity contribution is 5.88. The molecule has 150 valence electrons. The van der Waals surface area contributed by atoms with Crippen molar-refractivity contribution in [2.45, 2.75) is 32.6 Å². The highest BCUT2D eigenvalue weighted by Crippen LogP contribution is 2.00. The number of carbonyl (C=O) groups is 4. The number of benzene rings is 1. The lowest BCUT2D eigenvalue weighted by Gasteiger charge is -2.18. The number of esters is 1. The number of halogens is 1. The first-order valence-electron chi connectivity index (χ1n) is 7.75. The highest BCUT2D eigenvalue weighted by Gasteiger charge is 2.23. The molecule has 1 aromatic rings. The molecule has 11 heteroatoms. The lowest BCUT2D eigenvalue weighted by atomic mass is 10.2. The molecule has 0 radical (unpaired) electrons. The quantitative estimate of drug-likeness (QED) is 0.363. The van der Waals surface area contributed by atoms with Gasteiger partial charge >= 0.3 is 12.1 Å². The van der Waals surface area contributed by atoms with Gasteiger partial charge in [0.05, 0.1) is 6.54 Å². The zero-order chi connectivity index (χ0) is 19.5. The monoisotopic (exact) mass is 402 g/mol. The number of carbonyl (C=O) groups excluding carboxylic acids is 4. The average Bonchev–Trinajstić information content (AvgIpc) is 2.62. The summed E-state index contributed by atoms with van der Waals surface area (Å²) in [6.07, 6.45) is -1.70. The normalized spacial score (nSPS) is 11.8. The van der Waals surface area contributed by atoms with Gasteiger partial charge in [0.2, 0.25) is 5.91 Å². The maximum absolute atomic E-state index is 11.7. The van der Waals surface area contributed by atoms with Crippen LogP contribution < -0.4 is 21.9 Å². The van der Waals surface area contributed by atoms with Crippen LogP contribution in [0.15, 0.2) is 30.3 Å². The van der Waals surface area contributed by atoms with Crippen molar-refractivity contribution in [3.8, 4) is 0 Å². The van der Waals surface area contributed by atoms with Gasteiger partial charge in [-0.2, -0.15) is 0 Å². The van der Waals surface area contributed by atoms with E-state index in [0.717, 1.165) is 5.56 Å². The number of nitrogens with two attached hydrogens (primary N) is 1. The zero-order valence-electron chi connectivity index (χ0n) is 14.9. The SMILES string of the molecule is CC(=O)OC(C)[C@H](N)C(=O)NCC(=O)NNC(=O)OCc1ccccc1.Cl. The Kier molecular flexibility index (Phi) is 11.2. The largest absolute Gasteiger partial charge is 0.461 e. The zero-order valence-corrected chi connectivity index (χ0v) is 15.7. The van der Waals surface area contributed by atoms with Gasteiger partial charge in [0.1, 0.15) is 18.8 Å². The lowest BCUT2D eigenvalue weighted by molar-refractivity contribution is -0.148. The molecule has 0 saturated carbocycles. The molecule has 0 aliphatic carbocycles. The Morgan fingerprint density at radius 3 is 2.33 bits per heavy atom. The molecule has 1 rings (SSSR count). The third-order valence-corrected chi connectivity index (χ3v) is 3.10. The van der Waals surface area contributed by atoms with Gasteiger partial charge in [-0.1, -0.05) is 30.3 Å². The van der Waals surface area contributed by atoms with Crippen LogP contribution in [0.25, 0.3) is 0 Å². The Morgan fingerprint density at radius 1 is 1.11 bits per heavy atom. The predicted molar refractivity (Wildman–Crippen MR) is 97.4 cm³/mol. The van der Waals surface area contributed by atoms with E-state index in [-0.39, 0.29) is 19.0 Å². The average molecular weight is 403 g/mol. The molecule has 0 fully saturated rings. The third-order valence-electron chi connectivity index (χ3n) is 3.10. The predicted octanol–water partition coefficient (Wildman–Crippen LogP) is -0.239. The van der Waals surface area contributed by atoms with Crippen molar-refractivity contribution in [1.29, 1.82) is 0 Å². The van der Waals surface area contributed by atoms with E-state index in [1.807, 2.05) is 11.5 Å². The van der Waals surface area contributed by atoms with Crippen molar-refractivity contribution >= 4 is 36.3 Å². The topological polar surface area (TPSA) is 149 Å². The molecule has 0 aliphatic rings. The first-order valence-corrected chi connectivity index (χ1v) is 7.75. The van der Waals surface area contributed by atoms with Crippen molar-refractivity contribution in [3.05, 3.63) is 35.9 Å². The minimum atomic E-state index is -1.13. The van der Waals surface area contributed by atoms with Gasteiger partial charge in [-0.25, -0.2) is 10.2 Å². The van der Waals surface area contributed by atoms with Crippen LogP contribution in [0.1, 0.15) is 19.4 Å². The molecule has 27 heavy (non-hydrogen) atoms. The summed E-state index contributed by atoms with van der Waals surface area (Å²) >= 11 is 0. The van der Waals surface area contributed by atoms with Crippen LogP contribution in [-0.2, 0) is 30.5 Å². The summed E-state index contributed by atoms with van der Waals surface area (Å²) in [6.45, 7) is 2.26. The van der Waals surface area contributed by atoms with Gasteiger partial charge in [0, 0.05) is 6.92 Å². The summed E-state index contributed by atoms with van der Waals surface area (Å²) in [7, 11) is 0. The Balaban J connectivity index is 0.00000676. The fourth-order valence-electron chi connectivity index (χ4n) is 1.76. The van der Waals surface area contributed by atoms with Crippen LogP contribution in [0.4, 0.5) is 4.79 Å². The second kappa shape index (κ2) is 12.5. The molecule has 0 spiro atoms. The summed E-state index contributed by atoms with van der Waals surface area (Å²) in [5.41, 5.74) is 10.5. The van der Waals surface area contributed by atoms with Crippen molar-refractivity contribution in [3.63, 3.8) is 0 Å². The van der Waals surface area contributed by atoms with E-state index in [1.165, 1.54) is 13.8 Å². The van der Waals surface area contributed by atoms with E-state index in [0.29, 0.717) is 0 Å². The minimum absolute atomic E-state index is 0. The van der Waals surface area contributed by atoms with E-state index in [2.05, 4.69) is 10.7 Å². The Bertz CT molecular complexity index is 643. The molecule has 2 atom stereocenters. The maximum Gasteiger partial charge on any atom is 0.426 e. The van der Waals surface area contributed by atoms with Crippen LogP contribution in [0.5, 0.6) is 0 Å². The molecule has 0 heterocycles. The molecule has 0 saturated heterocycles. The highest BCUT2D eigenvalue weighted by atomic mass is 35.5. The first-order chi connectivity index (χ1) is 12.3. The maximum atomic E-state index is 11.7. The summed E-state index contributed by atoms with van der Waals surface area (Å²) in [4.78, 5) is 45.6. The third kappa shape index (κ3) is 10.0.